The van der Waals surface area contributed by atoms with Crippen LogP contribution < -0.4 is 20.6 Å². The Hall–Kier alpha value is -5.74. The highest BCUT2D eigenvalue weighted by Gasteiger charge is 2.43. The SMILES string of the molecule is O=C(NCCCS(=O)(=O)N1CCN(C(=O)NC(C(=O)N[C@H]2Cc3ccc(F)c(C(=O)O)c3OB2O)c2cc(F)c(O)c(O)c2Cl)C1=O)c1ccncc1. The van der Waals surface area contributed by atoms with E-state index in [1.807, 2.05) is 0 Å². The van der Waals surface area contributed by atoms with Crippen molar-refractivity contribution in [2.24, 2.45) is 0 Å². The first-order chi connectivity index (χ1) is 25.0. The number of benzene rings is 2. The van der Waals surface area contributed by atoms with Gasteiger partial charge in [0.05, 0.1) is 29.8 Å². The van der Waals surface area contributed by atoms with Crippen molar-refractivity contribution < 1.29 is 66.2 Å². The number of phenols is 2. The number of pyridine rings is 1. The summed E-state index contributed by atoms with van der Waals surface area (Å²) < 4.78 is 60.4. The second-order valence-corrected chi connectivity index (χ2v) is 13.9. The molecule has 3 aromatic rings. The zero-order chi connectivity index (χ0) is 38.8. The number of carboxylic acid groups (broad SMARTS) is 1. The number of fused-ring (bicyclic) bond motifs is 1. The summed E-state index contributed by atoms with van der Waals surface area (Å²) in [5.74, 6) is -11.2. The molecule has 0 spiro atoms. The number of urea groups is 2. The van der Waals surface area contributed by atoms with Crippen molar-refractivity contribution in [1.82, 2.24) is 30.1 Å². The second kappa shape index (κ2) is 15.5. The van der Waals surface area contributed by atoms with Gasteiger partial charge in [0, 0.05) is 30.1 Å². The number of nitrogens with zero attached hydrogens (tertiary/aromatic N) is 3. The Morgan fingerprint density at radius 2 is 1.77 bits per heavy atom. The highest BCUT2D eigenvalue weighted by atomic mass is 35.5. The number of aromatic carboxylic acids is 1. The molecule has 2 atom stereocenters. The molecule has 1 unspecified atom stereocenters. The lowest BCUT2D eigenvalue weighted by atomic mass is 9.72. The Bertz CT molecular complexity index is 2100. The van der Waals surface area contributed by atoms with Crippen LogP contribution in [-0.4, -0.2) is 111 Å². The van der Waals surface area contributed by atoms with Gasteiger partial charge in [-0.2, -0.15) is 0 Å². The third-order valence-electron chi connectivity index (χ3n) is 8.15. The van der Waals surface area contributed by atoms with Gasteiger partial charge in [-0.3, -0.25) is 14.6 Å². The highest BCUT2D eigenvalue weighted by molar-refractivity contribution is 7.89. The molecule has 5 rings (SSSR count). The molecule has 280 valence electrons. The number of hydrogen-bond acceptors (Lipinski definition) is 12. The average molecular weight is 781 g/mol. The quantitative estimate of drug-likeness (QED) is 0.0811. The summed E-state index contributed by atoms with van der Waals surface area (Å²) in [7, 11) is -6.33. The largest absolute Gasteiger partial charge is 0.547 e. The molecule has 0 aliphatic carbocycles. The minimum Gasteiger partial charge on any atom is -0.534 e. The van der Waals surface area contributed by atoms with E-state index < -0.39 is 123 Å². The number of aromatic nitrogens is 1. The Balaban J connectivity index is 1.31. The van der Waals surface area contributed by atoms with E-state index in [4.69, 9.17) is 16.3 Å². The van der Waals surface area contributed by atoms with E-state index in [0.717, 1.165) is 12.1 Å². The van der Waals surface area contributed by atoms with E-state index in [9.17, 15) is 61.5 Å². The first-order valence-corrected chi connectivity index (χ1v) is 17.4. The third-order valence-corrected chi connectivity index (χ3v) is 10.4. The summed E-state index contributed by atoms with van der Waals surface area (Å²) >= 11 is 6.11. The molecule has 0 radical (unpaired) electrons. The van der Waals surface area contributed by atoms with Gasteiger partial charge in [0.25, 0.3) is 5.91 Å². The number of halogens is 3. The van der Waals surface area contributed by atoms with Gasteiger partial charge in [0.2, 0.25) is 15.9 Å². The zero-order valence-electron chi connectivity index (χ0n) is 27.0. The minimum atomic E-state index is -4.33. The van der Waals surface area contributed by atoms with E-state index in [-0.39, 0.29) is 30.5 Å². The maximum absolute atomic E-state index is 14.6. The van der Waals surface area contributed by atoms with Crippen molar-refractivity contribution in [3.05, 3.63) is 81.6 Å². The van der Waals surface area contributed by atoms with Crippen molar-refractivity contribution in [3.8, 4) is 17.2 Å². The van der Waals surface area contributed by atoms with Crippen LogP contribution >= 0.6 is 11.6 Å². The number of carbonyl (C=O) groups excluding carboxylic acids is 4. The van der Waals surface area contributed by atoms with Gasteiger partial charge >= 0.3 is 25.1 Å². The molecule has 23 heteroatoms. The number of amides is 6. The molecule has 53 heavy (non-hydrogen) atoms. The van der Waals surface area contributed by atoms with Crippen molar-refractivity contribution in [1.29, 1.82) is 0 Å². The number of nitrogens with one attached hydrogen (secondary N) is 3. The summed E-state index contributed by atoms with van der Waals surface area (Å²) in [5.41, 5.74) is -1.20. The summed E-state index contributed by atoms with van der Waals surface area (Å²) in [6.45, 7) is -1.08. The van der Waals surface area contributed by atoms with Crippen LogP contribution in [-0.2, 0) is 21.2 Å². The lowest BCUT2D eigenvalue weighted by Crippen LogP contribution is -2.56. The fraction of sp³-hybridized carbons (Fsp3) is 0.267. The van der Waals surface area contributed by atoms with Crippen LogP contribution in [0, 0.1) is 11.6 Å². The fourth-order valence-electron chi connectivity index (χ4n) is 5.48. The molecule has 3 heterocycles. The van der Waals surface area contributed by atoms with Crippen LogP contribution in [0.15, 0.2) is 42.7 Å². The maximum atomic E-state index is 14.6. The molecule has 1 aromatic heterocycles. The maximum Gasteiger partial charge on any atom is 0.547 e. The molecule has 1 saturated heterocycles. The monoisotopic (exact) mass is 780 g/mol. The molecule has 0 bridgehead atoms. The molecule has 2 aliphatic heterocycles. The third kappa shape index (κ3) is 8.03. The topological polar surface area (TPSA) is 265 Å². The Morgan fingerprint density at radius 3 is 2.45 bits per heavy atom. The highest BCUT2D eigenvalue weighted by Crippen LogP contribution is 2.41. The second-order valence-electron chi connectivity index (χ2n) is 11.6. The molecule has 0 saturated carbocycles. The number of sulfonamides is 1. The smallest absolute Gasteiger partial charge is 0.534 e. The molecular weight excluding hydrogens is 753 g/mol. The van der Waals surface area contributed by atoms with E-state index >= 15 is 0 Å². The number of carboxylic acids is 1. The van der Waals surface area contributed by atoms with E-state index in [1.165, 1.54) is 24.5 Å². The van der Waals surface area contributed by atoms with Crippen LogP contribution in [0.5, 0.6) is 17.2 Å². The van der Waals surface area contributed by atoms with Gasteiger partial charge < -0.3 is 40.9 Å². The first kappa shape index (κ1) is 38.5. The Kier molecular flexibility index (Phi) is 11.2. The standard InChI is InChI=1S/C30H28BClF2N6O12S/c32-21-16(13-18(34)23(41)24(21)42)22(27(44)37-19-12-15-2-3-17(33)20(28(45)46)25(15)52-31(19)49)38-29(47)39-9-10-40(30(39)48)53(50,51)11-1-6-36-26(43)14-4-7-35-8-5-14/h2-5,7-8,13,19,22,41-42,49H,1,6,9-12H2,(H,36,43)(H,37,44)(H,38,47)(H,45,46)/t19-,22?/m0/s1. The molecule has 18 nitrogen and oxygen atoms in total. The van der Waals surface area contributed by atoms with Gasteiger partial charge in [-0.1, -0.05) is 17.7 Å². The molecule has 2 aromatic carbocycles. The predicted octanol–water partition coefficient (Wildman–Crippen LogP) is 0.900. The number of carbonyl (C=O) groups is 5. The van der Waals surface area contributed by atoms with Crippen molar-refractivity contribution in [3.63, 3.8) is 0 Å². The van der Waals surface area contributed by atoms with Gasteiger partial charge in [-0.05, 0) is 42.7 Å². The molecule has 2 aliphatic rings. The molecule has 1 fully saturated rings. The molecular formula is C30H28BClF2N6O12S. The first-order valence-electron chi connectivity index (χ1n) is 15.4. The predicted molar refractivity (Wildman–Crippen MR) is 177 cm³/mol. The van der Waals surface area contributed by atoms with Crippen LogP contribution in [0.3, 0.4) is 0 Å². The summed E-state index contributed by atoms with van der Waals surface area (Å²) in [6, 6.07) is 0.557. The van der Waals surface area contributed by atoms with E-state index in [1.54, 1.807) is 0 Å². The Labute approximate surface area is 303 Å². The van der Waals surface area contributed by atoms with Crippen LogP contribution in [0.25, 0.3) is 0 Å². The minimum absolute atomic E-state index is 0.0476. The van der Waals surface area contributed by atoms with Crippen LogP contribution in [0.2, 0.25) is 5.02 Å². The van der Waals surface area contributed by atoms with Gasteiger partial charge in [0.1, 0.15) is 23.2 Å². The van der Waals surface area contributed by atoms with Gasteiger partial charge in [-0.25, -0.2) is 40.8 Å². The summed E-state index contributed by atoms with van der Waals surface area (Å²) in [4.78, 5) is 68.3. The fourth-order valence-corrected chi connectivity index (χ4v) is 7.16. The summed E-state index contributed by atoms with van der Waals surface area (Å²) in [5, 5.41) is 46.1. The van der Waals surface area contributed by atoms with Crippen molar-refractivity contribution in [2.45, 2.75) is 24.8 Å². The lowest BCUT2D eigenvalue weighted by molar-refractivity contribution is -0.123. The molecule has 6 amide bonds. The van der Waals surface area contributed by atoms with Crippen LogP contribution in [0.4, 0.5) is 18.4 Å². The summed E-state index contributed by atoms with van der Waals surface area (Å²) in [6.07, 6.45) is 2.33. The average Bonchev–Trinajstić information content (AvgIpc) is 3.52. The Morgan fingerprint density at radius 1 is 1.08 bits per heavy atom. The lowest BCUT2D eigenvalue weighted by Gasteiger charge is -2.31. The number of aromatic hydroxyl groups is 2. The van der Waals surface area contributed by atoms with E-state index in [2.05, 4.69) is 20.9 Å². The van der Waals surface area contributed by atoms with Gasteiger partial charge in [-0.15, -0.1) is 0 Å². The van der Waals surface area contributed by atoms with Crippen molar-refractivity contribution >= 4 is 58.6 Å². The van der Waals surface area contributed by atoms with Crippen LogP contribution in [0.1, 0.15) is 44.3 Å². The van der Waals surface area contributed by atoms with Crippen molar-refractivity contribution in [2.75, 3.05) is 25.4 Å². The number of imide groups is 1. The zero-order valence-corrected chi connectivity index (χ0v) is 28.5. The number of phenolic OH excluding ortho intramolecular Hbond substituents is 2. The van der Waals surface area contributed by atoms with E-state index in [0.29, 0.717) is 15.3 Å². The van der Waals surface area contributed by atoms with Gasteiger partial charge in [0.15, 0.2) is 17.3 Å². The number of hydrogen-bond donors (Lipinski definition) is 7. The molecule has 7 N–H and O–H groups in total. The number of rotatable bonds is 11. The normalized spacial score (nSPS) is 16.0.